The molecule has 0 aromatic heterocycles. The number of hydrogen-bond donors (Lipinski definition) is 2. The SMILES string of the molecule is CCCCCCC/C=C\C/C=C\CCCCCCCCCCCC(=O)NC(COP(=O)([O-])OCC[N+](C)(C)C)C(O)/C=C/CC/C=C/CCCCCCCCCCCCC. The lowest BCUT2D eigenvalue weighted by atomic mass is 10.0. The van der Waals surface area contributed by atoms with Crippen LogP contribution in [0.3, 0.4) is 0 Å². The number of hydrogen-bond acceptors (Lipinski definition) is 6. The highest BCUT2D eigenvalue weighted by atomic mass is 31.2. The average Bonchev–Trinajstić information content (AvgIpc) is 3.20. The molecule has 0 rings (SSSR count). The quantitative estimate of drug-likeness (QED) is 0.0273. The monoisotopic (exact) mass is 865 g/mol. The normalized spacial score (nSPS) is 14.6. The standard InChI is InChI=1S/C51H97N2O6P/c1-6-8-10-12-14-16-18-20-22-24-25-26-27-29-31-33-35-37-39-41-43-45-51(55)52-49(48-59-60(56,57)58-47-46-53(3,4)5)50(54)44-42-40-38-36-34-32-30-28-23-21-19-17-15-13-11-9-7-2/h18,20,24-25,34,36,42,44,49-50,54H,6-17,19,21-23,26-33,35,37-41,43,45-48H2,1-5H3,(H-,52,55,56,57)/b20-18-,25-24-,36-34+,44-42+. The van der Waals surface area contributed by atoms with Gasteiger partial charge in [-0.05, 0) is 64.2 Å². The Labute approximate surface area is 371 Å². The number of likely N-dealkylation sites (N-methyl/N-ethyl adjacent to an activating group) is 1. The minimum Gasteiger partial charge on any atom is -0.756 e. The Hall–Kier alpha value is -1.54. The van der Waals surface area contributed by atoms with E-state index in [1.54, 1.807) is 6.08 Å². The maximum Gasteiger partial charge on any atom is 0.268 e. The molecule has 0 aromatic carbocycles. The summed E-state index contributed by atoms with van der Waals surface area (Å²) in [6.45, 7) is 4.62. The van der Waals surface area contributed by atoms with Gasteiger partial charge in [0.1, 0.15) is 13.2 Å². The van der Waals surface area contributed by atoms with Gasteiger partial charge in [-0.3, -0.25) is 9.36 Å². The molecule has 3 unspecified atom stereocenters. The summed E-state index contributed by atoms with van der Waals surface area (Å²) in [7, 11) is 1.24. The summed E-state index contributed by atoms with van der Waals surface area (Å²) in [4.78, 5) is 25.4. The molecule has 0 spiro atoms. The summed E-state index contributed by atoms with van der Waals surface area (Å²) in [5, 5.41) is 13.8. The number of aliphatic hydroxyl groups excluding tert-OH is 1. The van der Waals surface area contributed by atoms with Crippen LogP contribution < -0.4 is 10.2 Å². The topological polar surface area (TPSA) is 108 Å². The Morgan fingerprint density at radius 2 is 0.983 bits per heavy atom. The molecule has 9 heteroatoms. The number of allylic oxidation sites excluding steroid dienone is 7. The minimum absolute atomic E-state index is 0.00816. The van der Waals surface area contributed by atoms with Gasteiger partial charge in [-0.25, -0.2) is 0 Å². The molecule has 0 radical (unpaired) electrons. The van der Waals surface area contributed by atoms with Crippen molar-refractivity contribution >= 4 is 13.7 Å². The van der Waals surface area contributed by atoms with E-state index in [4.69, 9.17) is 9.05 Å². The van der Waals surface area contributed by atoms with E-state index >= 15 is 0 Å². The van der Waals surface area contributed by atoms with Gasteiger partial charge >= 0.3 is 0 Å². The largest absolute Gasteiger partial charge is 0.756 e. The molecule has 352 valence electrons. The summed E-state index contributed by atoms with van der Waals surface area (Å²) in [5.41, 5.74) is 0. The van der Waals surface area contributed by atoms with Crippen molar-refractivity contribution in [1.82, 2.24) is 5.32 Å². The Morgan fingerprint density at radius 1 is 0.583 bits per heavy atom. The van der Waals surface area contributed by atoms with Crippen LogP contribution in [0.5, 0.6) is 0 Å². The lowest BCUT2D eigenvalue weighted by Gasteiger charge is -2.29. The van der Waals surface area contributed by atoms with Crippen LogP contribution in [-0.2, 0) is 18.4 Å². The van der Waals surface area contributed by atoms with Crippen LogP contribution in [0.25, 0.3) is 0 Å². The maximum absolute atomic E-state index is 12.9. The van der Waals surface area contributed by atoms with Gasteiger partial charge in [0.05, 0.1) is 39.9 Å². The van der Waals surface area contributed by atoms with Crippen molar-refractivity contribution in [2.75, 3.05) is 40.9 Å². The summed E-state index contributed by atoms with van der Waals surface area (Å²) >= 11 is 0. The van der Waals surface area contributed by atoms with Crippen LogP contribution in [0, 0.1) is 0 Å². The fourth-order valence-electron chi connectivity index (χ4n) is 7.02. The predicted molar refractivity (Wildman–Crippen MR) is 256 cm³/mol. The zero-order valence-corrected chi connectivity index (χ0v) is 40.8. The third-order valence-electron chi connectivity index (χ3n) is 11.0. The van der Waals surface area contributed by atoms with Crippen LogP contribution in [0.4, 0.5) is 0 Å². The van der Waals surface area contributed by atoms with Crippen molar-refractivity contribution < 1.29 is 32.9 Å². The number of carbonyl (C=O) groups is 1. The second-order valence-corrected chi connectivity index (χ2v) is 19.6. The second-order valence-electron chi connectivity index (χ2n) is 18.2. The summed E-state index contributed by atoms with van der Waals surface area (Å²) in [6.07, 6.45) is 54.5. The lowest BCUT2D eigenvalue weighted by molar-refractivity contribution is -0.870. The maximum atomic E-state index is 12.9. The molecule has 0 saturated carbocycles. The van der Waals surface area contributed by atoms with Crippen molar-refractivity contribution in [3.8, 4) is 0 Å². The number of rotatable bonds is 45. The number of amides is 1. The van der Waals surface area contributed by atoms with Gasteiger partial charge in [0, 0.05) is 6.42 Å². The molecule has 0 aromatic rings. The summed E-state index contributed by atoms with van der Waals surface area (Å²) in [5.74, 6) is -0.212. The van der Waals surface area contributed by atoms with Gasteiger partial charge in [-0.15, -0.1) is 0 Å². The molecule has 8 nitrogen and oxygen atoms in total. The second kappa shape index (κ2) is 42.7. The van der Waals surface area contributed by atoms with Crippen LogP contribution in [0.15, 0.2) is 48.6 Å². The first-order valence-electron chi connectivity index (χ1n) is 25.0. The number of phosphoric ester groups is 1. The lowest BCUT2D eigenvalue weighted by Crippen LogP contribution is -2.45. The van der Waals surface area contributed by atoms with E-state index < -0.39 is 26.6 Å². The molecule has 2 N–H and O–H groups in total. The first-order valence-corrected chi connectivity index (χ1v) is 26.5. The summed E-state index contributed by atoms with van der Waals surface area (Å²) in [6, 6.07) is -0.906. The predicted octanol–water partition coefficient (Wildman–Crippen LogP) is 13.8. The number of aliphatic hydroxyl groups is 1. The van der Waals surface area contributed by atoms with Crippen LogP contribution in [-0.4, -0.2) is 68.5 Å². The molecule has 1 amide bonds. The van der Waals surface area contributed by atoms with Gasteiger partial charge in [0.25, 0.3) is 7.82 Å². The molecule has 0 heterocycles. The first kappa shape index (κ1) is 58.5. The Morgan fingerprint density at radius 3 is 1.45 bits per heavy atom. The van der Waals surface area contributed by atoms with E-state index in [1.165, 1.54) is 154 Å². The molecule has 0 aliphatic heterocycles. The highest BCUT2D eigenvalue weighted by Crippen LogP contribution is 2.38. The van der Waals surface area contributed by atoms with Crippen LogP contribution in [0.2, 0.25) is 0 Å². The Balaban J connectivity index is 4.38. The van der Waals surface area contributed by atoms with Crippen LogP contribution >= 0.6 is 7.82 Å². The van der Waals surface area contributed by atoms with Crippen molar-refractivity contribution in [3.05, 3.63) is 48.6 Å². The average molecular weight is 865 g/mol. The van der Waals surface area contributed by atoms with Crippen molar-refractivity contribution in [3.63, 3.8) is 0 Å². The molecule has 0 aliphatic carbocycles. The Bertz CT molecular complexity index is 1120. The zero-order valence-electron chi connectivity index (χ0n) is 39.9. The van der Waals surface area contributed by atoms with Gasteiger partial charge in [-0.2, -0.15) is 0 Å². The molecule has 0 fully saturated rings. The third kappa shape index (κ3) is 44.5. The minimum atomic E-state index is -4.60. The summed E-state index contributed by atoms with van der Waals surface area (Å²) < 4.78 is 23.2. The number of nitrogens with one attached hydrogen (secondary N) is 1. The molecule has 0 bridgehead atoms. The fourth-order valence-corrected chi connectivity index (χ4v) is 7.74. The van der Waals surface area contributed by atoms with E-state index in [2.05, 4.69) is 55.6 Å². The zero-order chi connectivity index (χ0) is 44.3. The molecule has 0 saturated heterocycles. The Kier molecular flexibility index (Phi) is 41.6. The van der Waals surface area contributed by atoms with Crippen molar-refractivity contribution in [1.29, 1.82) is 0 Å². The number of carbonyl (C=O) groups excluding carboxylic acids is 1. The third-order valence-corrected chi connectivity index (χ3v) is 12.0. The molecular formula is C51H97N2O6P. The van der Waals surface area contributed by atoms with Crippen molar-refractivity contribution in [2.24, 2.45) is 0 Å². The number of quaternary nitrogens is 1. The van der Waals surface area contributed by atoms with E-state index in [9.17, 15) is 19.4 Å². The van der Waals surface area contributed by atoms with Gasteiger partial charge in [-0.1, -0.05) is 197 Å². The van der Waals surface area contributed by atoms with E-state index in [0.29, 0.717) is 17.4 Å². The highest BCUT2D eigenvalue weighted by molar-refractivity contribution is 7.45. The van der Waals surface area contributed by atoms with E-state index in [-0.39, 0.29) is 12.5 Å². The molecule has 0 aliphatic rings. The van der Waals surface area contributed by atoms with Gasteiger partial charge in [0.15, 0.2) is 0 Å². The van der Waals surface area contributed by atoms with Crippen molar-refractivity contribution in [2.45, 2.75) is 231 Å². The van der Waals surface area contributed by atoms with Gasteiger partial charge in [0.2, 0.25) is 5.91 Å². The highest BCUT2D eigenvalue weighted by Gasteiger charge is 2.23. The number of phosphoric acid groups is 1. The van der Waals surface area contributed by atoms with E-state index in [1.807, 2.05) is 27.2 Å². The fraction of sp³-hybridized carbons (Fsp3) is 0.824. The van der Waals surface area contributed by atoms with Crippen LogP contribution in [0.1, 0.15) is 219 Å². The van der Waals surface area contributed by atoms with E-state index in [0.717, 1.165) is 44.9 Å². The number of unbranched alkanes of at least 4 members (excludes halogenated alkanes) is 26. The smallest absolute Gasteiger partial charge is 0.268 e. The first-order chi connectivity index (χ1) is 29.0. The molecular weight excluding hydrogens is 768 g/mol. The molecule has 3 atom stereocenters. The number of nitrogens with zero attached hydrogens (tertiary/aromatic N) is 1. The molecule has 60 heavy (non-hydrogen) atoms. The van der Waals surface area contributed by atoms with Gasteiger partial charge < -0.3 is 28.8 Å².